The van der Waals surface area contributed by atoms with E-state index in [4.69, 9.17) is 0 Å². The second-order valence-electron chi connectivity index (χ2n) is 8.04. The van der Waals surface area contributed by atoms with E-state index >= 15 is 0 Å². The molecule has 1 N–H and O–H groups in total. The van der Waals surface area contributed by atoms with Gasteiger partial charge in [0.15, 0.2) is 0 Å². The minimum Gasteiger partial charge on any atom is -0.357 e. The molecule has 0 aliphatic carbocycles. The maximum absolute atomic E-state index is 13.6. The molecule has 0 aliphatic rings. The molecule has 0 spiro atoms. The Hall–Kier alpha value is -3.77. The lowest BCUT2D eigenvalue weighted by atomic mass is 10.1. The first-order chi connectivity index (χ1) is 17.5. The zero-order chi connectivity index (χ0) is 27.2. The molecule has 10 nitrogen and oxygen atoms in total. The van der Waals surface area contributed by atoms with E-state index in [1.54, 1.807) is 49.4 Å². The molecule has 0 bridgehead atoms. The Morgan fingerprint density at radius 2 is 1.59 bits per heavy atom. The molecular formula is C25H25BrN4O6S. The van der Waals surface area contributed by atoms with Crippen LogP contribution in [-0.4, -0.2) is 49.7 Å². The van der Waals surface area contributed by atoms with Crippen molar-refractivity contribution < 1.29 is 22.9 Å². The Morgan fingerprint density at radius 3 is 2.14 bits per heavy atom. The highest BCUT2D eigenvalue weighted by Crippen LogP contribution is 2.26. The molecule has 0 saturated heterocycles. The average molecular weight is 589 g/mol. The molecule has 3 aromatic rings. The number of likely N-dealkylation sites (N-methyl/N-ethyl adjacent to an activating group) is 1. The molecule has 3 rings (SSSR count). The number of benzene rings is 3. The number of anilines is 1. The lowest BCUT2D eigenvalue weighted by Crippen LogP contribution is -2.50. The number of rotatable bonds is 10. The maximum atomic E-state index is 13.6. The second kappa shape index (κ2) is 12.0. The number of halogens is 1. The van der Waals surface area contributed by atoms with E-state index in [9.17, 15) is 28.1 Å². The number of nitrogens with one attached hydrogen (secondary N) is 1. The highest BCUT2D eigenvalue weighted by atomic mass is 79.9. The summed E-state index contributed by atoms with van der Waals surface area (Å²) in [5, 5.41) is 13.6. The van der Waals surface area contributed by atoms with Crippen LogP contribution < -0.4 is 9.62 Å². The topological polar surface area (TPSA) is 130 Å². The van der Waals surface area contributed by atoms with E-state index in [-0.39, 0.29) is 22.8 Å². The number of carbonyl (C=O) groups is 2. The molecular weight excluding hydrogens is 564 g/mol. The number of amides is 2. The van der Waals surface area contributed by atoms with E-state index in [2.05, 4.69) is 21.2 Å². The predicted molar refractivity (Wildman–Crippen MR) is 142 cm³/mol. The third kappa shape index (κ3) is 6.71. The molecule has 0 saturated carbocycles. The summed E-state index contributed by atoms with van der Waals surface area (Å²) in [6.07, 6.45) is 0. The first-order valence-corrected chi connectivity index (χ1v) is 13.4. The fraction of sp³-hybridized carbons (Fsp3) is 0.200. The van der Waals surface area contributed by atoms with Gasteiger partial charge in [0.25, 0.3) is 15.7 Å². The van der Waals surface area contributed by atoms with Gasteiger partial charge in [-0.05, 0) is 48.9 Å². The number of hydrogen-bond acceptors (Lipinski definition) is 6. The number of sulfonamides is 1. The van der Waals surface area contributed by atoms with Gasteiger partial charge >= 0.3 is 0 Å². The fourth-order valence-electron chi connectivity index (χ4n) is 3.57. The largest absolute Gasteiger partial charge is 0.357 e. The molecule has 194 valence electrons. The molecule has 0 heterocycles. The summed E-state index contributed by atoms with van der Waals surface area (Å²) in [6.45, 7) is 0.977. The van der Waals surface area contributed by atoms with Gasteiger partial charge in [-0.3, -0.25) is 24.0 Å². The summed E-state index contributed by atoms with van der Waals surface area (Å²) in [5.74, 6) is -1.05. The number of carbonyl (C=O) groups excluding carboxylic acids is 2. The van der Waals surface area contributed by atoms with Crippen molar-refractivity contribution in [1.29, 1.82) is 0 Å². The third-order valence-electron chi connectivity index (χ3n) is 5.64. The van der Waals surface area contributed by atoms with Crippen LogP contribution in [0.15, 0.2) is 88.2 Å². The van der Waals surface area contributed by atoms with Gasteiger partial charge in [-0.2, -0.15) is 0 Å². The molecule has 37 heavy (non-hydrogen) atoms. The molecule has 1 atom stereocenters. The summed E-state index contributed by atoms with van der Waals surface area (Å²) < 4.78 is 28.9. The van der Waals surface area contributed by atoms with Crippen molar-refractivity contribution in [3.05, 3.63) is 99.0 Å². The smallest absolute Gasteiger partial charge is 0.269 e. The number of non-ortho nitro benzene ring substituents is 1. The van der Waals surface area contributed by atoms with Crippen LogP contribution in [0.4, 0.5) is 11.4 Å². The van der Waals surface area contributed by atoms with Crippen molar-refractivity contribution in [2.24, 2.45) is 0 Å². The van der Waals surface area contributed by atoms with E-state index in [0.29, 0.717) is 0 Å². The van der Waals surface area contributed by atoms with E-state index in [1.165, 1.54) is 48.3 Å². The van der Waals surface area contributed by atoms with Gasteiger partial charge in [0.1, 0.15) is 12.6 Å². The van der Waals surface area contributed by atoms with E-state index in [0.717, 1.165) is 14.3 Å². The zero-order valence-electron chi connectivity index (χ0n) is 20.1. The zero-order valence-corrected chi connectivity index (χ0v) is 22.5. The van der Waals surface area contributed by atoms with Crippen LogP contribution in [0.1, 0.15) is 12.5 Å². The summed E-state index contributed by atoms with van der Waals surface area (Å²) >= 11 is 3.36. The molecule has 0 aliphatic heterocycles. The van der Waals surface area contributed by atoms with Crippen LogP contribution in [0.2, 0.25) is 0 Å². The van der Waals surface area contributed by atoms with Crippen LogP contribution in [0.5, 0.6) is 0 Å². The first-order valence-electron chi connectivity index (χ1n) is 11.1. The Balaban J connectivity index is 2.03. The maximum Gasteiger partial charge on any atom is 0.269 e. The van der Waals surface area contributed by atoms with Crippen molar-refractivity contribution in [2.75, 3.05) is 17.9 Å². The Kier molecular flexibility index (Phi) is 9.00. The number of nitrogens with zero attached hydrogens (tertiary/aromatic N) is 3. The summed E-state index contributed by atoms with van der Waals surface area (Å²) in [5.41, 5.74) is 0.580. The molecule has 0 radical (unpaired) electrons. The highest BCUT2D eigenvalue weighted by Gasteiger charge is 2.32. The van der Waals surface area contributed by atoms with Crippen LogP contribution in [-0.2, 0) is 26.2 Å². The normalized spacial score (nSPS) is 11.9. The van der Waals surface area contributed by atoms with Crippen molar-refractivity contribution in [2.45, 2.75) is 24.4 Å². The van der Waals surface area contributed by atoms with Crippen molar-refractivity contribution in [1.82, 2.24) is 10.2 Å². The van der Waals surface area contributed by atoms with Crippen LogP contribution in [0, 0.1) is 10.1 Å². The molecule has 2 amide bonds. The van der Waals surface area contributed by atoms with Crippen LogP contribution in [0.3, 0.4) is 0 Å². The van der Waals surface area contributed by atoms with Crippen LogP contribution >= 0.6 is 15.9 Å². The molecule has 12 heteroatoms. The molecule has 1 unspecified atom stereocenters. The predicted octanol–water partition coefficient (Wildman–Crippen LogP) is 3.72. The quantitative estimate of drug-likeness (QED) is 0.284. The SMILES string of the molecule is CNC(=O)C(C)N(Cc1ccc(Br)cc1)C(=O)CN(c1ccc([N+](=O)[O-])cc1)S(=O)(=O)c1ccccc1. The number of nitro groups is 1. The summed E-state index contributed by atoms with van der Waals surface area (Å²) in [6, 6.07) is 18.7. The van der Waals surface area contributed by atoms with Gasteiger partial charge in [-0.15, -0.1) is 0 Å². The lowest BCUT2D eigenvalue weighted by Gasteiger charge is -2.31. The third-order valence-corrected chi connectivity index (χ3v) is 7.96. The fourth-order valence-corrected chi connectivity index (χ4v) is 5.27. The van der Waals surface area contributed by atoms with Gasteiger partial charge in [0.05, 0.1) is 15.5 Å². The monoisotopic (exact) mass is 588 g/mol. The minimum atomic E-state index is -4.24. The van der Waals surface area contributed by atoms with E-state index in [1.807, 2.05) is 0 Å². The molecule has 3 aromatic carbocycles. The standard InChI is InChI=1S/C25H25BrN4O6S/c1-18(25(32)27-2)28(16-19-8-10-20(26)11-9-19)24(31)17-29(21-12-14-22(15-13-21)30(33)34)37(35,36)23-6-4-3-5-7-23/h3-15,18H,16-17H2,1-2H3,(H,27,32). The number of nitro benzene ring substituents is 1. The van der Waals surface area contributed by atoms with Crippen LogP contribution in [0.25, 0.3) is 0 Å². The van der Waals surface area contributed by atoms with Crippen molar-refractivity contribution in [3.8, 4) is 0 Å². The van der Waals surface area contributed by atoms with E-state index < -0.39 is 39.3 Å². The van der Waals surface area contributed by atoms with Gasteiger partial charge in [-0.1, -0.05) is 46.3 Å². The van der Waals surface area contributed by atoms with Gasteiger partial charge in [0, 0.05) is 30.2 Å². The van der Waals surface area contributed by atoms with Crippen molar-refractivity contribution >= 4 is 49.1 Å². The minimum absolute atomic E-state index is 0.0556. The van der Waals surface area contributed by atoms with Gasteiger partial charge in [0.2, 0.25) is 11.8 Å². The van der Waals surface area contributed by atoms with Gasteiger partial charge in [-0.25, -0.2) is 8.42 Å². The Labute approximate surface area is 223 Å². The summed E-state index contributed by atoms with van der Waals surface area (Å²) in [7, 11) is -2.79. The highest BCUT2D eigenvalue weighted by molar-refractivity contribution is 9.10. The average Bonchev–Trinajstić information content (AvgIpc) is 2.90. The second-order valence-corrected chi connectivity index (χ2v) is 10.8. The van der Waals surface area contributed by atoms with Crippen molar-refractivity contribution in [3.63, 3.8) is 0 Å². The first kappa shape index (κ1) is 27.8. The lowest BCUT2D eigenvalue weighted by molar-refractivity contribution is -0.384. The number of hydrogen-bond donors (Lipinski definition) is 1. The summed E-state index contributed by atoms with van der Waals surface area (Å²) in [4.78, 5) is 37.8. The molecule has 0 fully saturated rings. The molecule has 0 aromatic heterocycles. The van der Waals surface area contributed by atoms with Gasteiger partial charge < -0.3 is 10.2 Å². The Morgan fingerprint density at radius 1 is 1.00 bits per heavy atom. The Bertz CT molecular complexity index is 1370.